The van der Waals surface area contributed by atoms with E-state index < -0.39 is 5.92 Å². The maximum absolute atomic E-state index is 14.5. The zero-order valence-corrected chi connectivity index (χ0v) is 27.6. The highest BCUT2D eigenvalue weighted by Gasteiger charge is 2.38. The third-order valence-electron chi connectivity index (χ3n) is 11.1. The van der Waals surface area contributed by atoms with Crippen LogP contribution in [0, 0.1) is 18.8 Å². The van der Waals surface area contributed by atoms with Crippen molar-refractivity contribution in [1.82, 2.24) is 30.3 Å². The van der Waals surface area contributed by atoms with E-state index >= 15 is 0 Å². The fraction of sp³-hybridized carbons (Fsp3) is 0.541. The van der Waals surface area contributed by atoms with Gasteiger partial charge in [0.25, 0.3) is 0 Å². The van der Waals surface area contributed by atoms with Crippen LogP contribution in [0.25, 0.3) is 10.9 Å². The van der Waals surface area contributed by atoms with Gasteiger partial charge in [0.1, 0.15) is 0 Å². The van der Waals surface area contributed by atoms with Gasteiger partial charge in [0.05, 0.1) is 5.92 Å². The number of benzene rings is 2. The van der Waals surface area contributed by atoms with Crippen molar-refractivity contribution in [3.63, 3.8) is 0 Å². The van der Waals surface area contributed by atoms with Crippen LogP contribution >= 0.6 is 0 Å². The van der Waals surface area contributed by atoms with E-state index in [1.165, 1.54) is 0 Å². The van der Waals surface area contributed by atoms with Crippen LogP contribution in [-0.2, 0) is 22.4 Å². The number of fused-ring (bicyclic) bond motifs is 2. The average Bonchev–Trinajstić information content (AvgIpc) is 3.51. The highest BCUT2D eigenvalue weighted by atomic mass is 16.2. The topological polar surface area (TPSA) is 113 Å². The van der Waals surface area contributed by atoms with Crippen LogP contribution in [0.4, 0.5) is 10.5 Å². The van der Waals surface area contributed by atoms with Crippen LogP contribution in [0.5, 0.6) is 0 Å². The maximum Gasteiger partial charge on any atom is 0.322 e. The molecule has 0 bridgehead atoms. The minimum Gasteiger partial charge on any atom is -0.361 e. The molecule has 10 heteroatoms. The lowest BCUT2D eigenvalue weighted by molar-refractivity contribution is -0.145. The lowest BCUT2D eigenvalue weighted by Gasteiger charge is -2.44. The van der Waals surface area contributed by atoms with Crippen molar-refractivity contribution in [2.75, 3.05) is 57.7 Å². The Morgan fingerprint density at radius 1 is 0.936 bits per heavy atom. The Kier molecular flexibility index (Phi) is 9.49. The Morgan fingerprint density at radius 2 is 1.74 bits per heavy atom. The molecule has 2 atom stereocenters. The standard InChI is InChI=1S/C37H49N7O3/c1-25-20-26(21-29-8-14-40-35(25)29)22-30(36(46)44-19-15-39-24-33(44)28-6-12-38-13-7-28)23-34(45)42-16-10-31(11-17-42)43-18-9-27-4-2-3-5-32(27)41-37(43)47/h2-5,8,14,20-21,28,30-31,33,38-40H,6-7,9-13,15-19,22-24H2,1H3,(H,41,47). The highest BCUT2D eigenvalue weighted by Crippen LogP contribution is 2.29. The van der Waals surface area contributed by atoms with Crippen molar-refractivity contribution in [2.45, 2.75) is 64.0 Å². The second kappa shape index (κ2) is 14.1. The summed E-state index contributed by atoms with van der Waals surface area (Å²) in [6.45, 7) is 8.22. The van der Waals surface area contributed by atoms with Crippen molar-refractivity contribution in [3.05, 3.63) is 65.4 Å². The summed E-state index contributed by atoms with van der Waals surface area (Å²) < 4.78 is 0. The first kappa shape index (κ1) is 31.7. The Morgan fingerprint density at radius 3 is 2.57 bits per heavy atom. The van der Waals surface area contributed by atoms with Gasteiger partial charge in [0.15, 0.2) is 0 Å². The van der Waals surface area contributed by atoms with E-state index in [1.807, 2.05) is 34.2 Å². The van der Waals surface area contributed by atoms with E-state index in [4.69, 9.17) is 0 Å². The molecule has 2 aromatic carbocycles. The first-order chi connectivity index (χ1) is 22.9. The minimum atomic E-state index is -0.423. The zero-order chi connectivity index (χ0) is 32.3. The van der Waals surface area contributed by atoms with Crippen molar-refractivity contribution in [2.24, 2.45) is 11.8 Å². The molecule has 3 saturated heterocycles. The number of nitrogens with one attached hydrogen (secondary N) is 4. The molecular weight excluding hydrogens is 590 g/mol. The first-order valence-electron chi connectivity index (χ1n) is 17.7. The molecule has 47 heavy (non-hydrogen) atoms. The van der Waals surface area contributed by atoms with Gasteiger partial charge in [-0.15, -0.1) is 0 Å². The number of piperidine rings is 2. The number of para-hydroxylation sites is 1. The molecule has 2 unspecified atom stereocenters. The summed E-state index contributed by atoms with van der Waals surface area (Å²) >= 11 is 0. The molecule has 3 fully saturated rings. The van der Waals surface area contributed by atoms with Crippen LogP contribution in [0.1, 0.15) is 48.8 Å². The largest absolute Gasteiger partial charge is 0.361 e. The fourth-order valence-corrected chi connectivity index (χ4v) is 8.47. The van der Waals surface area contributed by atoms with E-state index in [0.29, 0.717) is 38.5 Å². The van der Waals surface area contributed by atoms with Gasteiger partial charge < -0.3 is 35.6 Å². The van der Waals surface area contributed by atoms with Crippen LogP contribution in [-0.4, -0.2) is 102 Å². The number of H-pyrrole nitrogens is 1. The van der Waals surface area contributed by atoms with Crippen LogP contribution < -0.4 is 16.0 Å². The number of rotatable bonds is 7. The van der Waals surface area contributed by atoms with Gasteiger partial charge in [-0.2, -0.15) is 0 Å². The molecule has 0 saturated carbocycles. The van der Waals surface area contributed by atoms with Crippen LogP contribution in [0.2, 0.25) is 0 Å². The molecule has 10 nitrogen and oxygen atoms in total. The maximum atomic E-state index is 14.5. The molecule has 250 valence electrons. The van der Waals surface area contributed by atoms with Gasteiger partial charge in [-0.25, -0.2) is 4.79 Å². The second-order valence-electron chi connectivity index (χ2n) is 14.0. The lowest BCUT2D eigenvalue weighted by Crippen LogP contribution is -2.59. The third kappa shape index (κ3) is 6.90. The quantitative estimate of drug-likeness (QED) is 0.313. The number of anilines is 1. The summed E-state index contributed by atoms with van der Waals surface area (Å²) in [6.07, 6.45) is 7.14. The number of carbonyl (C=O) groups excluding carboxylic acids is 3. The van der Waals surface area contributed by atoms with E-state index in [2.05, 4.69) is 57.0 Å². The van der Waals surface area contributed by atoms with E-state index in [-0.39, 0.29) is 36.3 Å². The number of amides is 4. The van der Waals surface area contributed by atoms with Gasteiger partial charge in [0, 0.05) is 75.2 Å². The molecule has 0 radical (unpaired) electrons. The molecule has 4 N–H and O–H groups in total. The number of nitrogens with zero attached hydrogens (tertiary/aromatic N) is 3. The van der Waals surface area contributed by atoms with Gasteiger partial charge in [-0.1, -0.05) is 24.3 Å². The van der Waals surface area contributed by atoms with Crippen LogP contribution in [0.3, 0.4) is 0 Å². The smallest absolute Gasteiger partial charge is 0.322 e. The van der Waals surface area contributed by atoms with Gasteiger partial charge in [0.2, 0.25) is 11.8 Å². The van der Waals surface area contributed by atoms with Gasteiger partial charge in [-0.3, -0.25) is 9.59 Å². The van der Waals surface area contributed by atoms with Crippen molar-refractivity contribution >= 4 is 34.4 Å². The normalized spacial score (nSPS) is 22.1. The van der Waals surface area contributed by atoms with Gasteiger partial charge >= 0.3 is 6.03 Å². The monoisotopic (exact) mass is 639 g/mol. The number of aromatic nitrogens is 1. The fourth-order valence-electron chi connectivity index (χ4n) is 8.47. The summed E-state index contributed by atoms with van der Waals surface area (Å²) in [5, 5.41) is 11.2. The molecule has 4 amide bonds. The molecule has 1 aromatic heterocycles. The molecule has 7 rings (SSSR count). The first-order valence-corrected chi connectivity index (χ1v) is 17.7. The Balaban J connectivity index is 1.05. The second-order valence-corrected chi connectivity index (χ2v) is 14.0. The Hall–Kier alpha value is -3.89. The number of likely N-dealkylation sites (tertiary alicyclic amines) is 1. The third-order valence-corrected chi connectivity index (χ3v) is 11.1. The number of hydrogen-bond acceptors (Lipinski definition) is 5. The average molecular weight is 640 g/mol. The van der Waals surface area contributed by atoms with Crippen molar-refractivity contribution in [3.8, 4) is 0 Å². The van der Waals surface area contributed by atoms with E-state index in [9.17, 15) is 14.4 Å². The molecule has 0 aliphatic carbocycles. The molecule has 0 spiro atoms. The number of urea groups is 1. The molecule has 4 aliphatic heterocycles. The molecular formula is C37H49N7O3. The summed E-state index contributed by atoms with van der Waals surface area (Å²) in [7, 11) is 0. The summed E-state index contributed by atoms with van der Waals surface area (Å²) in [4.78, 5) is 51.0. The Bertz CT molecular complexity index is 1590. The minimum absolute atomic E-state index is 0.0440. The number of hydrogen-bond donors (Lipinski definition) is 4. The SMILES string of the molecule is Cc1cc(CC(CC(=O)N2CCC(N3CCc4ccccc4NC3=O)CC2)C(=O)N2CCNCC2C2CCNCC2)cc2cc[nH]c12. The summed E-state index contributed by atoms with van der Waals surface area (Å²) in [6, 6.07) is 14.6. The lowest BCUT2D eigenvalue weighted by atomic mass is 9.86. The van der Waals surface area contributed by atoms with Crippen molar-refractivity contribution in [1.29, 1.82) is 0 Å². The Labute approximate surface area is 277 Å². The summed E-state index contributed by atoms with van der Waals surface area (Å²) in [5.74, 6) is 0.201. The van der Waals surface area contributed by atoms with E-state index in [0.717, 1.165) is 91.6 Å². The molecule has 3 aromatic rings. The summed E-state index contributed by atoms with van der Waals surface area (Å²) in [5.41, 5.74) is 5.41. The zero-order valence-electron chi connectivity index (χ0n) is 27.6. The predicted octanol–water partition coefficient (Wildman–Crippen LogP) is 3.91. The van der Waals surface area contributed by atoms with Crippen molar-refractivity contribution < 1.29 is 14.4 Å². The predicted molar refractivity (Wildman–Crippen MR) is 184 cm³/mol. The number of carbonyl (C=O) groups is 3. The number of piperazine rings is 1. The molecule has 5 heterocycles. The molecule has 4 aliphatic rings. The highest BCUT2D eigenvalue weighted by molar-refractivity contribution is 5.91. The number of aromatic amines is 1. The van der Waals surface area contributed by atoms with Gasteiger partial charge in [-0.05, 0) is 105 Å². The van der Waals surface area contributed by atoms with E-state index in [1.54, 1.807) is 0 Å². The number of aryl methyl sites for hydroxylation is 1. The van der Waals surface area contributed by atoms with Crippen LogP contribution in [0.15, 0.2) is 48.7 Å².